The van der Waals surface area contributed by atoms with Crippen LogP contribution in [-0.2, 0) is 16.1 Å². The van der Waals surface area contributed by atoms with Crippen molar-refractivity contribution in [1.82, 2.24) is 9.88 Å². The third kappa shape index (κ3) is 2.06. The Bertz CT molecular complexity index is 1040. The SMILES string of the molecule is CCC1(O)C(=O)OCC2=C1C=C1c3nc4cccc(Br)c4cc3CN1C2. The largest absolute Gasteiger partial charge is 0.459 e. The maximum absolute atomic E-state index is 12.2. The topological polar surface area (TPSA) is 62.7 Å². The van der Waals surface area contributed by atoms with Gasteiger partial charge in [0.25, 0.3) is 0 Å². The number of aromatic nitrogens is 1. The number of nitrogens with zero attached hydrogens (tertiary/aromatic N) is 2. The van der Waals surface area contributed by atoms with E-state index in [-0.39, 0.29) is 6.61 Å². The van der Waals surface area contributed by atoms with Gasteiger partial charge < -0.3 is 14.7 Å². The molecule has 0 bridgehead atoms. The number of fused-ring (bicyclic) bond motifs is 4. The maximum Gasteiger partial charge on any atom is 0.343 e. The Balaban J connectivity index is 1.69. The van der Waals surface area contributed by atoms with Gasteiger partial charge in [-0.1, -0.05) is 28.9 Å². The van der Waals surface area contributed by atoms with Gasteiger partial charge in [0.15, 0.2) is 5.60 Å². The minimum atomic E-state index is -1.56. The number of pyridine rings is 1. The highest BCUT2D eigenvalue weighted by Gasteiger charge is 2.46. The number of hydrogen-bond donors (Lipinski definition) is 1. The van der Waals surface area contributed by atoms with Gasteiger partial charge in [-0.2, -0.15) is 0 Å². The van der Waals surface area contributed by atoms with Crippen LogP contribution in [0.1, 0.15) is 24.6 Å². The molecular weight excluding hydrogens is 396 g/mol. The number of aliphatic hydroxyl groups is 1. The van der Waals surface area contributed by atoms with E-state index in [2.05, 4.69) is 26.9 Å². The van der Waals surface area contributed by atoms with Gasteiger partial charge in [0.2, 0.25) is 0 Å². The Hall–Kier alpha value is -2.18. The zero-order chi connectivity index (χ0) is 18.1. The molecule has 2 aromatic rings. The molecule has 132 valence electrons. The van der Waals surface area contributed by atoms with Gasteiger partial charge in [0, 0.05) is 28.5 Å². The van der Waals surface area contributed by atoms with Gasteiger partial charge in [0.05, 0.1) is 16.9 Å². The van der Waals surface area contributed by atoms with Crippen LogP contribution in [0.2, 0.25) is 0 Å². The summed E-state index contributed by atoms with van der Waals surface area (Å²) in [5, 5.41) is 12.0. The molecule has 26 heavy (non-hydrogen) atoms. The molecule has 0 saturated carbocycles. The van der Waals surface area contributed by atoms with E-state index in [1.807, 2.05) is 24.3 Å². The van der Waals surface area contributed by atoms with Crippen LogP contribution in [-0.4, -0.2) is 39.7 Å². The summed E-state index contributed by atoms with van der Waals surface area (Å²) in [6.45, 7) is 3.45. The van der Waals surface area contributed by atoms with Crippen LogP contribution in [0, 0.1) is 0 Å². The van der Waals surface area contributed by atoms with Crippen molar-refractivity contribution >= 4 is 38.5 Å². The van der Waals surface area contributed by atoms with Crippen LogP contribution < -0.4 is 0 Å². The summed E-state index contributed by atoms with van der Waals surface area (Å²) in [6, 6.07) is 8.16. The molecule has 0 radical (unpaired) electrons. The molecule has 1 N–H and O–H groups in total. The minimum absolute atomic E-state index is 0.244. The second-order valence-electron chi connectivity index (χ2n) is 7.00. The monoisotopic (exact) mass is 412 g/mol. The summed E-state index contributed by atoms with van der Waals surface area (Å²) >= 11 is 3.60. The Morgan fingerprint density at radius 1 is 1.38 bits per heavy atom. The van der Waals surface area contributed by atoms with Crippen molar-refractivity contribution in [3.8, 4) is 0 Å². The number of hydrogen-bond acceptors (Lipinski definition) is 5. The van der Waals surface area contributed by atoms with Gasteiger partial charge >= 0.3 is 5.97 Å². The predicted molar refractivity (Wildman–Crippen MR) is 101 cm³/mol. The molecule has 3 aliphatic rings. The standard InChI is InChI=1S/C20H17BrN2O3/c1-2-20(25)14-7-17-18-11(6-13-15(21)4-3-5-16(13)22-18)8-23(17)9-12(14)10-26-19(20)24/h3-7,25H,2,8-10H2,1H3. The summed E-state index contributed by atoms with van der Waals surface area (Å²) in [5.74, 6) is -0.558. The number of ether oxygens (including phenoxy) is 1. The van der Waals surface area contributed by atoms with Gasteiger partial charge in [-0.15, -0.1) is 0 Å². The normalized spacial score (nSPS) is 24.2. The van der Waals surface area contributed by atoms with E-state index in [4.69, 9.17) is 9.72 Å². The minimum Gasteiger partial charge on any atom is -0.459 e. The average Bonchev–Trinajstić information content (AvgIpc) is 2.99. The van der Waals surface area contributed by atoms with Gasteiger partial charge in [-0.25, -0.2) is 9.78 Å². The first kappa shape index (κ1) is 16.0. The van der Waals surface area contributed by atoms with Gasteiger partial charge in [-0.05, 0) is 41.8 Å². The highest BCUT2D eigenvalue weighted by Crippen LogP contribution is 2.43. The Morgan fingerprint density at radius 3 is 3.04 bits per heavy atom. The number of benzene rings is 1. The van der Waals surface area contributed by atoms with Crippen molar-refractivity contribution in [2.45, 2.75) is 25.5 Å². The summed E-state index contributed by atoms with van der Waals surface area (Å²) in [7, 11) is 0. The number of cyclic esters (lactones) is 1. The second kappa shape index (κ2) is 5.41. The van der Waals surface area contributed by atoms with Crippen molar-refractivity contribution in [1.29, 1.82) is 0 Å². The summed E-state index contributed by atoms with van der Waals surface area (Å²) < 4.78 is 6.26. The fourth-order valence-corrected chi connectivity index (χ4v) is 4.56. The zero-order valence-electron chi connectivity index (χ0n) is 14.3. The summed E-state index contributed by atoms with van der Waals surface area (Å²) in [4.78, 5) is 19.3. The first-order valence-electron chi connectivity index (χ1n) is 8.68. The molecule has 0 saturated heterocycles. The molecule has 3 aliphatic heterocycles. The van der Waals surface area contributed by atoms with Gasteiger partial charge in [-0.3, -0.25) is 0 Å². The van der Waals surface area contributed by atoms with Gasteiger partial charge in [0.1, 0.15) is 6.61 Å². The Morgan fingerprint density at radius 2 is 2.23 bits per heavy atom. The van der Waals surface area contributed by atoms with E-state index >= 15 is 0 Å². The molecule has 6 heteroatoms. The lowest BCUT2D eigenvalue weighted by molar-refractivity contribution is -0.163. The van der Waals surface area contributed by atoms with Crippen molar-refractivity contribution in [2.24, 2.45) is 0 Å². The molecule has 5 rings (SSSR count). The first-order valence-corrected chi connectivity index (χ1v) is 9.48. The maximum atomic E-state index is 12.2. The van der Waals surface area contributed by atoms with E-state index in [1.165, 1.54) is 0 Å². The van der Waals surface area contributed by atoms with E-state index < -0.39 is 11.6 Å². The fourth-order valence-electron chi connectivity index (χ4n) is 4.09. The van der Waals surface area contributed by atoms with E-state index in [0.29, 0.717) is 18.5 Å². The number of carbonyl (C=O) groups is 1. The fraction of sp³-hybridized carbons (Fsp3) is 0.300. The molecule has 1 atom stereocenters. The molecule has 1 aromatic heterocycles. The van der Waals surface area contributed by atoms with E-state index in [1.54, 1.807) is 6.92 Å². The lowest BCUT2D eigenvalue weighted by Gasteiger charge is -2.37. The summed E-state index contributed by atoms with van der Waals surface area (Å²) in [5.41, 5.74) is 4.08. The van der Waals surface area contributed by atoms with Crippen LogP contribution >= 0.6 is 15.9 Å². The smallest absolute Gasteiger partial charge is 0.343 e. The van der Waals surface area contributed by atoms with Crippen molar-refractivity contribution < 1.29 is 14.6 Å². The second-order valence-corrected chi connectivity index (χ2v) is 7.85. The molecule has 4 heterocycles. The van der Waals surface area contributed by atoms with E-state index in [0.717, 1.165) is 44.4 Å². The lowest BCUT2D eigenvalue weighted by Crippen LogP contribution is -2.47. The van der Waals surface area contributed by atoms with Crippen molar-refractivity contribution in [2.75, 3.05) is 13.2 Å². The molecule has 1 aromatic carbocycles. The number of rotatable bonds is 1. The molecular formula is C20H17BrN2O3. The first-order chi connectivity index (χ1) is 12.5. The highest BCUT2D eigenvalue weighted by atomic mass is 79.9. The molecule has 5 nitrogen and oxygen atoms in total. The van der Waals surface area contributed by atoms with E-state index in [9.17, 15) is 9.90 Å². The zero-order valence-corrected chi connectivity index (χ0v) is 15.8. The third-order valence-corrected chi connectivity index (χ3v) is 6.24. The van der Waals surface area contributed by atoms with Crippen LogP contribution in [0.4, 0.5) is 0 Å². The van der Waals surface area contributed by atoms with Crippen LogP contribution in [0.5, 0.6) is 0 Å². The average molecular weight is 413 g/mol. The third-order valence-electron chi connectivity index (χ3n) is 5.55. The van der Waals surface area contributed by atoms with Crippen LogP contribution in [0.3, 0.4) is 0 Å². The Labute approximate surface area is 159 Å². The number of carbonyl (C=O) groups excluding carboxylic acids is 1. The highest BCUT2D eigenvalue weighted by molar-refractivity contribution is 9.10. The summed E-state index contributed by atoms with van der Waals surface area (Å²) in [6.07, 6.45) is 2.23. The van der Waals surface area contributed by atoms with Crippen molar-refractivity contribution in [3.63, 3.8) is 0 Å². The molecule has 0 amide bonds. The number of esters is 1. The number of halogens is 1. The quantitative estimate of drug-likeness (QED) is 0.728. The lowest BCUT2D eigenvalue weighted by atomic mass is 9.83. The molecule has 0 fully saturated rings. The predicted octanol–water partition coefficient (Wildman–Crippen LogP) is 3.16. The van der Waals surface area contributed by atoms with Crippen LogP contribution in [0.15, 0.2) is 46.0 Å². The molecule has 0 aliphatic carbocycles. The van der Waals surface area contributed by atoms with Crippen molar-refractivity contribution in [3.05, 3.63) is 57.2 Å². The molecule has 1 unspecified atom stereocenters. The Kier molecular flexibility index (Phi) is 3.33. The molecule has 0 spiro atoms. The van der Waals surface area contributed by atoms with Crippen LogP contribution in [0.25, 0.3) is 16.6 Å².